The third kappa shape index (κ3) is 5.56. The molecule has 7 nitrogen and oxygen atoms in total. The van der Waals surface area contributed by atoms with Gasteiger partial charge < -0.3 is 24.4 Å². The molecule has 0 unspecified atom stereocenters. The topological polar surface area (TPSA) is 68.7 Å². The van der Waals surface area contributed by atoms with Crippen LogP contribution in [0.4, 0.5) is 15.9 Å². The molecule has 1 aliphatic rings. The number of fused-ring (bicyclic) bond motifs is 1. The fraction of sp³-hybridized carbons (Fsp3) is 0.391. The molecule has 0 saturated carbocycles. The van der Waals surface area contributed by atoms with Crippen LogP contribution in [0.25, 0.3) is 10.9 Å². The average Bonchev–Trinajstić information content (AvgIpc) is 3.31. The Kier molecular flexibility index (Phi) is 7.57. The lowest BCUT2D eigenvalue weighted by molar-refractivity contribution is 0.0838. The Morgan fingerprint density at radius 1 is 1.06 bits per heavy atom. The number of rotatable bonds is 10. The van der Waals surface area contributed by atoms with Crippen molar-refractivity contribution in [2.24, 2.45) is 0 Å². The third-order valence-electron chi connectivity index (χ3n) is 5.34. The smallest absolute Gasteiger partial charge is 0.163 e. The molecule has 0 radical (unpaired) electrons. The number of likely N-dealkylation sites (tertiary alicyclic amines) is 1. The second kappa shape index (κ2) is 10.8. The minimum Gasteiger partial charge on any atom is -0.493 e. The van der Waals surface area contributed by atoms with E-state index in [4.69, 9.17) is 25.8 Å². The van der Waals surface area contributed by atoms with Gasteiger partial charge in [0, 0.05) is 23.0 Å². The molecule has 1 aliphatic heterocycles. The van der Waals surface area contributed by atoms with Crippen molar-refractivity contribution in [2.75, 3.05) is 51.9 Å². The van der Waals surface area contributed by atoms with E-state index >= 15 is 0 Å². The van der Waals surface area contributed by atoms with Crippen LogP contribution in [0.3, 0.4) is 0 Å². The maximum Gasteiger partial charge on any atom is 0.163 e. The Morgan fingerprint density at radius 3 is 2.69 bits per heavy atom. The van der Waals surface area contributed by atoms with Gasteiger partial charge in [-0.2, -0.15) is 0 Å². The Bertz CT molecular complexity index is 1060. The number of aromatic nitrogens is 2. The van der Waals surface area contributed by atoms with Crippen LogP contribution in [-0.2, 0) is 4.74 Å². The number of nitrogens with zero attached hydrogens (tertiary/aromatic N) is 3. The van der Waals surface area contributed by atoms with Gasteiger partial charge in [-0.15, -0.1) is 0 Å². The number of methoxy groups -OCH3 is 1. The van der Waals surface area contributed by atoms with Crippen molar-refractivity contribution in [3.05, 3.63) is 47.5 Å². The lowest BCUT2D eigenvalue weighted by Gasteiger charge is -2.15. The third-order valence-corrected chi connectivity index (χ3v) is 5.58. The van der Waals surface area contributed by atoms with Crippen LogP contribution in [-0.4, -0.2) is 61.4 Å². The quantitative estimate of drug-likeness (QED) is 0.441. The molecule has 2 aromatic carbocycles. The Hall–Kier alpha value is -2.68. The van der Waals surface area contributed by atoms with E-state index in [0.717, 1.165) is 19.6 Å². The van der Waals surface area contributed by atoms with Crippen LogP contribution >= 0.6 is 11.6 Å². The molecule has 0 aliphatic carbocycles. The normalized spacial score (nSPS) is 14.1. The van der Waals surface area contributed by atoms with Crippen molar-refractivity contribution in [3.8, 4) is 11.5 Å². The van der Waals surface area contributed by atoms with Gasteiger partial charge in [-0.3, -0.25) is 0 Å². The Labute approximate surface area is 191 Å². The SMILES string of the molecule is COc1cc2c(Nc3ccc(Cl)cc3F)ncnc2cc1OCCOCCN1CCCC1. The fourth-order valence-corrected chi connectivity index (χ4v) is 3.83. The first kappa shape index (κ1) is 22.5. The summed E-state index contributed by atoms with van der Waals surface area (Å²) in [5.41, 5.74) is 0.905. The first-order valence-corrected chi connectivity index (χ1v) is 11.0. The largest absolute Gasteiger partial charge is 0.493 e. The second-order valence-electron chi connectivity index (χ2n) is 7.50. The predicted octanol–water partition coefficient (Wildman–Crippen LogP) is 4.67. The highest BCUT2D eigenvalue weighted by Crippen LogP contribution is 2.35. The molecule has 2 heterocycles. The number of benzene rings is 2. The number of ether oxygens (including phenoxy) is 3. The monoisotopic (exact) mass is 460 g/mol. The van der Waals surface area contributed by atoms with Crippen LogP contribution < -0.4 is 14.8 Å². The van der Waals surface area contributed by atoms with Crippen LogP contribution in [0.1, 0.15) is 12.8 Å². The van der Waals surface area contributed by atoms with E-state index in [1.54, 1.807) is 31.4 Å². The second-order valence-corrected chi connectivity index (χ2v) is 7.94. The van der Waals surface area contributed by atoms with Crippen molar-refractivity contribution in [2.45, 2.75) is 12.8 Å². The molecule has 1 fully saturated rings. The first-order valence-electron chi connectivity index (χ1n) is 10.6. The van der Waals surface area contributed by atoms with E-state index in [9.17, 15) is 4.39 Å². The predicted molar refractivity (Wildman–Crippen MR) is 123 cm³/mol. The Morgan fingerprint density at radius 2 is 1.91 bits per heavy atom. The Balaban J connectivity index is 1.41. The molecule has 170 valence electrons. The summed E-state index contributed by atoms with van der Waals surface area (Å²) < 4.78 is 31.3. The maximum absolute atomic E-state index is 14.2. The zero-order valence-corrected chi connectivity index (χ0v) is 18.7. The molecule has 32 heavy (non-hydrogen) atoms. The summed E-state index contributed by atoms with van der Waals surface area (Å²) in [5.74, 6) is 1.07. The molecule has 1 aromatic heterocycles. The zero-order chi connectivity index (χ0) is 22.3. The van der Waals surface area contributed by atoms with E-state index in [-0.39, 0.29) is 5.69 Å². The molecule has 0 spiro atoms. The summed E-state index contributed by atoms with van der Waals surface area (Å²) in [4.78, 5) is 11.0. The lowest BCUT2D eigenvalue weighted by Crippen LogP contribution is -2.24. The number of nitrogens with one attached hydrogen (secondary N) is 1. The van der Waals surface area contributed by atoms with Gasteiger partial charge in [-0.1, -0.05) is 11.6 Å². The minimum atomic E-state index is -0.471. The van der Waals surface area contributed by atoms with Crippen LogP contribution in [0.15, 0.2) is 36.7 Å². The van der Waals surface area contributed by atoms with Gasteiger partial charge >= 0.3 is 0 Å². The molecule has 1 N–H and O–H groups in total. The van der Waals surface area contributed by atoms with Gasteiger partial charge in [0.05, 0.1) is 31.5 Å². The highest BCUT2D eigenvalue weighted by atomic mass is 35.5. The van der Waals surface area contributed by atoms with Crippen molar-refractivity contribution >= 4 is 34.0 Å². The molecule has 9 heteroatoms. The highest BCUT2D eigenvalue weighted by molar-refractivity contribution is 6.30. The van der Waals surface area contributed by atoms with Gasteiger partial charge in [0.1, 0.15) is 24.6 Å². The highest BCUT2D eigenvalue weighted by Gasteiger charge is 2.14. The summed E-state index contributed by atoms with van der Waals surface area (Å²) in [6, 6.07) is 7.96. The molecule has 0 amide bonds. The molecule has 1 saturated heterocycles. The number of anilines is 2. The molecule has 0 bridgehead atoms. The summed E-state index contributed by atoms with van der Waals surface area (Å²) >= 11 is 5.84. The molecular formula is C23H26ClFN4O3. The van der Waals surface area contributed by atoms with Crippen molar-refractivity contribution in [1.82, 2.24) is 14.9 Å². The van der Waals surface area contributed by atoms with Crippen molar-refractivity contribution in [3.63, 3.8) is 0 Å². The van der Waals surface area contributed by atoms with Gasteiger partial charge in [-0.05, 0) is 50.2 Å². The number of hydrogen-bond donors (Lipinski definition) is 1. The van der Waals surface area contributed by atoms with Crippen LogP contribution in [0.5, 0.6) is 11.5 Å². The van der Waals surface area contributed by atoms with Gasteiger partial charge in [0.25, 0.3) is 0 Å². The fourth-order valence-electron chi connectivity index (χ4n) is 3.67. The molecule has 3 aromatic rings. The van der Waals surface area contributed by atoms with E-state index in [1.165, 1.54) is 25.2 Å². The number of hydrogen-bond acceptors (Lipinski definition) is 7. The molecular weight excluding hydrogens is 435 g/mol. The average molecular weight is 461 g/mol. The van der Waals surface area contributed by atoms with Gasteiger partial charge in [-0.25, -0.2) is 14.4 Å². The maximum atomic E-state index is 14.2. The summed E-state index contributed by atoms with van der Waals surface area (Å²) in [5, 5.41) is 3.99. The van der Waals surface area contributed by atoms with Gasteiger partial charge in [0.2, 0.25) is 0 Å². The zero-order valence-electron chi connectivity index (χ0n) is 17.9. The van der Waals surface area contributed by atoms with Gasteiger partial charge in [0.15, 0.2) is 11.5 Å². The summed E-state index contributed by atoms with van der Waals surface area (Å²) in [7, 11) is 1.57. The number of halogens is 2. The van der Waals surface area contributed by atoms with Crippen molar-refractivity contribution < 1.29 is 18.6 Å². The van der Waals surface area contributed by atoms with Crippen molar-refractivity contribution in [1.29, 1.82) is 0 Å². The summed E-state index contributed by atoms with van der Waals surface area (Å²) in [6.07, 6.45) is 3.97. The summed E-state index contributed by atoms with van der Waals surface area (Å²) in [6.45, 7) is 4.87. The molecule has 0 atom stereocenters. The lowest BCUT2D eigenvalue weighted by atomic mass is 10.2. The minimum absolute atomic E-state index is 0.264. The standard InChI is InChI=1S/C23H26ClFN4O3/c1-30-21-13-17-20(14-22(21)32-11-10-31-9-8-29-6-2-3-7-29)26-15-27-23(17)28-19-5-4-16(24)12-18(19)25/h4-5,12-15H,2-3,6-11H2,1H3,(H,26,27,28). The van der Waals surface area contributed by atoms with E-state index in [2.05, 4.69) is 20.2 Å². The van der Waals surface area contributed by atoms with E-state index < -0.39 is 5.82 Å². The van der Waals surface area contributed by atoms with E-state index in [0.29, 0.717) is 53.1 Å². The molecule has 4 rings (SSSR count). The van der Waals surface area contributed by atoms with Crippen LogP contribution in [0.2, 0.25) is 5.02 Å². The van der Waals surface area contributed by atoms with Crippen LogP contribution in [0, 0.1) is 5.82 Å². The first-order chi connectivity index (χ1) is 15.6. The van der Waals surface area contributed by atoms with E-state index in [1.807, 2.05) is 0 Å².